The van der Waals surface area contributed by atoms with Crippen molar-refractivity contribution < 1.29 is 15.3 Å². The van der Waals surface area contributed by atoms with Gasteiger partial charge in [0.25, 0.3) is 0 Å². The Morgan fingerprint density at radius 3 is 2.45 bits per heavy atom. The highest BCUT2D eigenvalue weighted by molar-refractivity contribution is 5.19. The normalized spacial score (nSPS) is 18.7. The van der Waals surface area contributed by atoms with Crippen LogP contribution < -0.4 is 5.32 Å². The number of hydrogen-bond donors (Lipinski definition) is 4. The summed E-state index contributed by atoms with van der Waals surface area (Å²) in [6.45, 7) is 6.27. The first-order valence-electron chi connectivity index (χ1n) is 11.5. The molecule has 0 spiro atoms. The molecule has 0 saturated carbocycles. The number of aliphatic hydroxyl groups excluding tert-OH is 3. The molecule has 0 amide bonds. The third kappa shape index (κ3) is 9.14. The molecule has 1 aliphatic heterocycles. The fourth-order valence-corrected chi connectivity index (χ4v) is 4.39. The monoisotopic (exact) mass is 406 g/mol. The van der Waals surface area contributed by atoms with Crippen LogP contribution in [0.15, 0.2) is 30.3 Å². The van der Waals surface area contributed by atoms with Gasteiger partial charge in [-0.2, -0.15) is 0 Å². The van der Waals surface area contributed by atoms with Gasteiger partial charge in [-0.25, -0.2) is 0 Å². The van der Waals surface area contributed by atoms with Crippen LogP contribution >= 0.6 is 0 Å². The Morgan fingerprint density at radius 1 is 1.07 bits per heavy atom. The predicted octanol–water partition coefficient (Wildman–Crippen LogP) is 2.76. The number of aliphatic hydroxyl groups is 3. The van der Waals surface area contributed by atoms with E-state index in [0.717, 1.165) is 64.6 Å². The maximum absolute atomic E-state index is 11.0. The van der Waals surface area contributed by atoms with Crippen LogP contribution in [0.2, 0.25) is 0 Å². The molecule has 4 N–H and O–H groups in total. The van der Waals surface area contributed by atoms with Gasteiger partial charge in [0.05, 0.1) is 6.10 Å². The van der Waals surface area contributed by atoms with Crippen LogP contribution in [0.25, 0.3) is 0 Å². The summed E-state index contributed by atoms with van der Waals surface area (Å²) < 4.78 is 0. The predicted molar refractivity (Wildman–Crippen MR) is 119 cm³/mol. The molecule has 5 heteroatoms. The van der Waals surface area contributed by atoms with Crippen molar-refractivity contribution in [1.82, 2.24) is 10.2 Å². The Morgan fingerprint density at radius 2 is 1.79 bits per heavy atom. The van der Waals surface area contributed by atoms with E-state index in [1.54, 1.807) is 0 Å². The molecule has 1 saturated heterocycles. The second-order valence-electron chi connectivity index (χ2n) is 8.77. The van der Waals surface area contributed by atoms with Crippen molar-refractivity contribution in [3.05, 3.63) is 35.9 Å². The topological polar surface area (TPSA) is 76.0 Å². The lowest BCUT2D eigenvalue weighted by Crippen LogP contribution is -2.47. The average molecular weight is 407 g/mol. The minimum absolute atomic E-state index is 0.226. The van der Waals surface area contributed by atoms with Crippen LogP contribution in [0, 0.1) is 5.92 Å². The Balaban J connectivity index is 1.97. The van der Waals surface area contributed by atoms with Gasteiger partial charge in [0.15, 0.2) is 0 Å². The van der Waals surface area contributed by atoms with Crippen molar-refractivity contribution in [3.8, 4) is 0 Å². The molecule has 5 nitrogen and oxygen atoms in total. The van der Waals surface area contributed by atoms with Crippen molar-refractivity contribution in [2.45, 2.75) is 69.9 Å². The molecule has 1 fully saturated rings. The zero-order valence-electron chi connectivity index (χ0n) is 18.2. The zero-order chi connectivity index (χ0) is 20.9. The van der Waals surface area contributed by atoms with E-state index in [-0.39, 0.29) is 19.3 Å². The molecular formula is C24H42N2O3. The number of benzene rings is 1. The van der Waals surface area contributed by atoms with E-state index in [1.807, 2.05) is 6.07 Å². The molecule has 1 aromatic carbocycles. The first-order valence-corrected chi connectivity index (χ1v) is 11.5. The van der Waals surface area contributed by atoms with E-state index >= 15 is 0 Å². The molecular weight excluding hydrogens is 364 g/mol. The van der Waals surface area contributed by atoms with Crippen LogP contribution in [-0.2, 0) is 0 Å². The Hall–Kier alpha value is -0.980. The van der Waals surface area contributed by atoms with E-state index in [1.165, 1.54) is 5.56 Å². The maximum atomic E-state index is 11.0. The highest BCUT2D eigenvalue weighted by Gasteiger charge is 2.25. The number of hydrogen-bond acceptors (Lipinski definition) is 5. The van der Waals surface area contributed by atoms with E-state index in [0.29, 0.717) is 24.4 Å². The number of unbranched alkanes of at least 4 members (excludes halogenated alkanes) is 1. The molecule has 0 radical (unpaired) electrons. The minimum atomic E-state index is -0.367. The zero-order valence-corrected chi connectivity index (χ0v) is 18.2. The summed E-state index contributed by atoms with van der Waals surface area (Å²) in [5.74, 6) is 0.621. The van der Waals surface area contributed by atoms with Gasteiger partial charge in [0.2, 0.25) is 0 Å². The second-order valence-corrected chi connectivity index (χ2v) is 8.77. The summed E-state index contributed by atoms with van der Waals surface area (Å²) >= 11 is 0. The van der Waals surface area contributed by atoms with Gasteiger partial charge in [0.1, 0.15) is 0 Å². The third-order valence-corrected chi connectivity index (χ3v) is 6.28. The average Bonchev–Trinajstić information content (AvgIpc) is 2.77. The lowest BCUT2D eigenvalue weighted by molar-refractivity contribution is 0.0601. The smallest absolute Gasteiger partial charge is 0.0673 e. The van der Waals surface area contributed by atoms with E-state index < -0.39 is 0 Å². The molecule has 2 rings (SSSR count). The summed E-state index contributed by atoms with van der Waals surface area (Å²) in [6.07, 6.45) is 6.40. The molecule has 0 bridgehead atoms. The number of nitrogens with one attached hydrogen (secondary N) is 1. The van der Waals surface area contributed by atoms with E-state index in [2.05, 4.69) is 41.4 Å². The lowest BCUT2D eigenvalue weighted by Gasteiger charge is -2.37. The largest absolute Gasteiger partial charge is 0.396 e. The molecule has 1 aromatic rings. The van der Waals surface area contributed by atoms with E-state index in [9.17, 15) is 10.2 Å². The maximum Gasteiger partial charge on any atom is 0.0673 e. The molecule has 0 aliphatic carbocycles. The lowest BCUT2D eigenvalue weighted by atomic mass is 9.88. The molecule has 1 aliphatic rings. The summed E-state index contributed by atoms with van der Waals surface area (Å²) in [6, 6.07) is 11.0. The Bertz CT molecular complexity index is 522. The molecule has 3 unspecified atom stereocenters. The summed E-state index contributed by atoms with van der Waals surface area (Å²) in [5.41, 5.74) is 1.28. The highest BCUT2D eigenvalue weighted by Crippen LogP contribution is 2.28. The van der Waals surface area contributed by atoms with Crippen LogP contribution in [0.5, 0.6) is 0 Å². The van der Waals surface area contributed by atoms with Gasteiger partial charge in [-0.15, -0.1) is 0 Å². The fraction of sp³-hybridized carbons (Fsp3) is 0.750. The number of nitrogens with zero attached hydrogens (tertiary/aromatic N) is 1. The van der Waals surface area contributed by atoms with Crippen molar-refractivity contribution in [1.29, 1.82) is 0 Å². The number of rotatable bonds is 14. The standard InChI is InChI=1S/C24H42N2O3/c1-20(19-28)12-15-26(23-10-13-25-14-11-23)18-24(29)17-22(9-5-6-16-27)21-7-3-2-4-8-21/h2-4,7-8,20,22-25,27-29H,5-6,9-19H2,1H3. The third-order valence-electron chi connectivity index (χ3n) is 6.28. The minimum Gasteiger partial charge on any atom is -0.396 e. The highest BCUT2D eigenvalue weighted by atomic mass is 16.3. The fourth-order valence-electron chi connectivity index (χ4n) is 4.39. The summed E-state index contributed by atoms with van der Waals surface area (Å²) in [7, 11) is 0. The van der Waals surface area contributed by atoms with Gasteiger partial charge in [0, 0.05) is 25.8 Å². The van der Waals surface area contributed by atoms with Crippen LogP contribution in [-0.4, -0.2) is 71.8 Å². The second kappa shape index (κ2) is 14.1. The Kier molecular flexibility index (Phi) is 11.8. The van der Waals surface area contributed by atoms with Gasteiger partial charge in [-0.1, -0.05) is 43.7 Å². The first-order chi connectivity index (χ1) is 14.1. The quantitative estimate of drug-likeness (QED) is 0.358. The van der Waals surface area contributed by atoms with Crippen LogP contribution in [0.1, 0.15) is 63.4 Å². The molecule has 29 heavy (non-hydrogen) atoms. The number of piperidine rings is 1. The van der Waals surface area contributed by atoms with E-state index in [4.69, 9.17) is 5.11 Å². The summed E-state index contributed by atoms with van der Waals surface area (Å²) in [4.78, 5) is 2.47. The van der Waals surface area contributed by atoms with Gasteiger partial charge >= 0.3 is 0 Å². The van der Waals surface area contributed by atoms with Crippen molar-refractivity contribution in [3.63, 3.8) is 0 Å². The summed E-state index contributed by atoms with van der Waals surface area (Å²) in [5, 5.41) is 33.0. The van der Waals surface area contributed by atoms with Crippen molar-refractivity contribution in [2.75, 3.05) is 39.4 Å². The Labute approximate surface area is 177 Å². The molecule has 166 valence electrons. The van der Waals surface area contributed by atoms with Crippen molar-refractivity contribution in [2.24, 2.45) is 5.92 Å². The van der Waals surface area contributed by atoms with Crippen molar-refractivity contribution >= 4 is 0 Å². The first kappa shape index (κ1) is 24.3. The van der Waals surface area contributed by atoms with Gasteiger partial charge < -0.3 is 20.6 Å². The molecule has 3 atom stereocenters. The van der Waals surface area contributed by atoms with Crippen LogP contribution in [0.4, 0.5) is 0 Å². The van der Waals surface area contributed by atoms with Crippen LogP contribution in [0.3, 0.4) is 0 Å². The SMILES string of the molecule is CC(CO)CCN(CC(O)CC(CCCCO)c1ccccc1)C1CCNCC1. The van der Waals surface area contributed by atoms with Gasteiger partial charge in [-0.05, 0) is 75.6 Å². The molecule has 1 heterocycles. The van der Waals surface area contributed by atoms with Gasteiger partial charge in [-0.3, -0.25) is 4.90 Å². The molecule has 0 aromatic heterocycles.